The summed E-state index contributed by atoms with van der Waals surface area (Å²) in [5.41, 5.74) is 3.48. The first-order chi connectivity index (χ1) is 19.2. The largest absolute Gasteiger partial charge is 0.493 e. The molecule has 0 N–H and O–H groups in total. The van der Waals surface area contributed by atoms with Crippen LogP contribution in [-0.2, 0) is 6.61 Å². The van der Waals surface area contributed by atoms with E-state index in [1.54, 1.807) is 25.1 Å². The number of ether oxygens (including phenoxy) is 4. The number of nitrogens with zero attached hydrogens (tertiary/aromatic N) is 4. The molecule has 1 aliphatic rings. The highest BCUT2D eigenvalue weighted by Crippen LogP contribution is 2.51. The molecule has 0 saturated carbocycles. The minimum Gasteiger partial charge on any atom is -0.493 e. The summed E-state index contributed by atoms with van der Waals surface area (Å²) >= 11 is 0. The Morgan fingerprint density at radius 3 is 2.54 bits per heavy atom. The Labute approximate surface area is 224 Å². The molecule has 1 unspecified atom stereocenters. The molecule has 1 aliphatic heterocycles. The van der Waals surface area contributed by atoms with Crippen molar-refractivity contribution in [2.24, 2.45) is 0 Å². The van der Waals surface area contributed by atoms with Crippen molar-refractivity contribution in [2.75, 3.05) is 14.2 Å². The van der Waals surface area contributed by atoms with E-state index in [4.69, 9.17) is 23.9 Å². The van der Waals surface area contributed by atoms with Gasteiger partial charge in [-0.05, 0) is 35.2 Å². The van der Waals surface area contributed by atoms with E-state index in [2.05, 4.69) is 34.3 Å². The van der Waals surface area contributed by atoms with Gasteiger partial charge in [-0.2, -0.15) is 0 Å². The molecule has 7 rings (SSSR count). The summed E-state index contributed by atoms with van der Waals surface area (Å²) in [5, 5.41) is 6.76. The molecule has 0 aliphatic carbocycles. The van der Waals surface area contributed by atoms with Gasteiger partial charge in [-0.15, -0.1) is 5.10 Å². The first-order valence-corrected chi connectivity index (χ1v) is 12.6. The lowest BCUT2D eigenvalue weighted by Crippen LogP contribution is -2.15. The van der Waals surface area contributed by atoms with Crippen LogP contribution in [0, 0.1) is 0 Å². The highest BCUT2D eigenvalue weighted by molar-refractivity contribution is 5.91. The number of hydrogen-bond donors (Lipinski definition) is 0. The highest BCUT2D eigenvalue weighted by atomic mass is 16.5. The van der Waals surface area contributed by atoms with Gasteiger partial charge in [0.2, 0.25) is 5.88 Å². The summed E-state index contributed by atoms with van der Waals surface area (Å²) < 4.78 is 25.3. The molecular formula is C31H24N4O4. The number of rotatable bonds is 6. The summed E-state index contributed by atoms with van der Waals surface area (Å²) in [4.78, 5) is 9.56. The highest BCUT2D eigenvalue weighted by Gasteiger charge is 2.34. The minimum absolute atomic E-state index is 0.226. The van der Waals surface area contributed by atoms with E-state index >= 15 is 0 Å². The van der Waals surface area contributed by atoms with Crippen LogP contribution < -0.4 is 18.9 Å². The van der Waals surface area contributed by atoms with Gasteiger partial charge in [0.1, 0.15) is 24.4 Å². The van der Waals surface area contributed by atoms with Crippen LogP contribution in [0.1, 0.15) is 28.4 Å². The van der Waals surface area contributed by atoms with Crippen molar-refractivity contribution >= 4 is 16.4 Å². The molecule has 0 bridgehead atoms. The molecule has 2 aromatic heterocycles. The van der Waals surface area contributed by atoms with Crippen LogP contribution in [0.2, 0.25) is 0 Å². The maximum Gasteiger partial charge on any atom is 0.228 e. The fraction of sp³-hybridized carbons (Fsp3) is 0.129. The standard InChI is InChI=1S/C31H24N4O4/c1-36-24-15-13-20(16-25(24)37-2)27-23-14-12-19-8-6-7-11-22(19)29(23)39-31-28(27)30-33-26(34-35(30)18-32-31)17-38-21-9-4-3-5-10-21/h3-16,18,27H,17H2,1-2H3. The summed E-state index contributed by atoms with van der Waals surface area (Å²) in [6.07, 6.45) is 1.63. The van der Waals surface area contributed by atoms with Crippen LogP contribution in [0.3, 0.4) is 0 Å². The normalized spacial score (nSPS) is 13.9. The molecule has 0 saturated heterocycles. The zero-order valence-electron chi connectivity index (χ0n) is 21.4. The molecule has 1 atom stereocenters. The van der Waals surface area contributed by atoms with E-state index in [0.717, 1.165) is 39.0 Å². The van der Waals surface area contributed by atoms with Gasteiger partial charge < -0.3 is 18.9 Å². The first-order valence-electron chi connectivity index (χ1n) is 12.6. The maximum atomic E-state index is 6.51. The Morgan fingerprint density at radius 1 is 0.872 bits per heavy atom. The molecule has 0 spiro atoms. The van der Waals surface area contributed by atoms with Crippen molar-refractivity contribution in [3.05, 3.63) is 114 Å². The maximum absolute atomic E-state index is 6.51. The Morgan fingerprint density at radius 2 is 1.69 bits per heavy atom. The van der Waals surface area contributed by atoms with Gasteiger partial charge in [0.25, 0.3) is 0 Å². The van der Waals surface area contributed by atoms with Gasteiger partial charge in [-0.25, -0.2) is 14.5 Å². The number of methoxy groups -OCH3 is 2. The molecule has 3 heterocycles. The lowest BCUT2D eigenvalue weighted by Gasteiger charge is -2.29. The third kappa shape index (κ3) is 3.88. The number of fused-ring (bicyclic) bond motifs is 6. The number of aromatic nitrogens is 4. The summed E-state index contributed by atoms with van der Waals surface area (Å²) in [6, 6.07) is 28.0. The number of para-hydroxylation sites is 1. The predicted molar refractivity (Wildman–Crippen MR) is 146 cm³/mol. The molecule has 8 nitrogen and oxygen atoms in total. The lowest BCUT2D eigenvalue weighted by molar-refractivity contribution is 0.296. The van der Waals surface area contributed by atoms with Crippen LogP contribution in [-0.4, -0.2) is 33.8 Å². The lowest BCUT2D eigenvalue weighted by atomic mass is 9.82. The van der Waals surface area contributed by atoms with Crippen LogP contribution in [0.25, 0.3) is 16.4 Å². The zero-order valence-corrected chi connectivity index (χ0v) is 21.4. The SMILES string of the molecule is COc1ccc(C2c3ccc4ccccc4c3Oc3ncn4nc(COc5ccccc5)nc4c32)cc1OC. The molecule has 39 heavy (non-hydrogen) atoms. The molecule has 0 radical (unpaired) electrons. The smallest absolute Gasteiger partial charge is 0.228 e. The Balaban J connectivity index is 1.41. The van der Waals surface area contributed by atoms with E-state index in [1.165, 1.54) is 0 Å². The molecular weight excluding hydrogens is 492 g/mol. The predicted octanol–water partition coefficient (Wildman–Crippen LogP) is 6.16. The molecule has 8 heteroatoms. The second-order valence-electron chi connectivity index (χ2n) is 9.22. The average Bonchev–Trinajstić information content (AvgIpc) is 3.42. The van der Waals surface area contributed by atoms with Gasteiger partial charge in [0.05, 0.1) is 19.8 Å². The van der Waals surface area contributed by atoms with Crippen molar-refractivity contribution in [1.29, 1.82) is 0 Å². The van der Waals surface area contributed by atoms with Gasteiger partial charge >= 0.3 is 0 Å². The second kappa shape index (κ2) is 9.33. The van der Waals surface area contributed by atoms with E-state index < -0.39 is 0 Å². The number of benzene rings is 4. The van der Waals surface area contributed by atoms with Crippen molar-refractivity contribution in [1.82, 2.24) is 19.6 Å². The Bertz CT molecular complexity index is 1830. The van der Waals surface area contributed by atoms with Gasteiger partial charge in [-0.3, -0.25) is 0 Å². The van der Waals surface area contributed by atoms with E-state index in [1.807, 2.05) is 60.7 Å². The van der Waals surface area contributed by atoms with Crippen LogP contribution >= 0.6 is 0 Å². The number of hydrogen-bond acceptors (Lipinski definition) is 7. The van der Waals surface area contributed by atoms with Crippen molar-refractivity contribution < 1.29 is 18.9 Å². The monoisotopic (exact) mass is 516 g/mol. The molecule has 0 fully saturated rings. The second-order valence-corrected chi connectivity index (χ2v) is 9.22. The fourth-order valence-electron chi connectivity index (χ4n) is 5.20. The van der Waals surface area contributed by atoms with E-state index in [-0.39, 0.29) is 12.5 Å². The molecule has 4 aromatic carbocycles. The summed E-state index contributed by atoms with van der Waals surface area (Å²) in [7, 11) is 3.27. The fourth-order valence-corrected chi connectivity index (χ4v) is 5.20. The molecule has 0 amide bonds. The van der Waals surface area contributed by atoms with Crippen LogP contribution in [0.5, 0.6) is 28.9 Å². The topological polar surface area (TPSA) is 80.0 Å². The van der Waals surface area contributed by atoms with Gasteiger partial charge in [0.15, 0.2) is 23.0 Å². The van der Waals surface area contributed by atoms with Crippen molar-refractivity contribution in [3.8, 4) is 28.9 Å². The quantitative estimate of drug-likeness (QED) is 0.262. The van der Waals surface area contributed by atoms with Gasteiger partial charge in [0, 0.05) is 16.9 Å². The summed E-state index contributed by atoms with van der Waals surface area (Å²) in [5.74, 6) is 3.64. The Hall–Kier alpha value is -5.11. The third-order valence-electron chi connectivity index (χ3n) is 6.99. The van der Waals surface area contributed by atoms with Crippen molar-refractivity contribution in [3.63, 3.8) is 0 Å². The Kier molecular flexibility index (Phi) is 5.51. The van der Waals surface area contributed by atoms with Crippen LogP contribution in [0.15, 0.2) is 91.3 Å². The average molecular weight is 517 g/mol. The minimum atomic E-state index is -0.239. The van der Waals surface area contributed by atoms with E-state index in [0.29, 0.717) is 28.9 Å². The third-order valence-corrected chi connectivity index (χ3v) is 6.99. The first kappa shape index (κ1) is 23.0. The van der Waals surface area contributed by atoms with Gasteiger partial charge in [-0.1, -0.05) is 60.7 Å². The zero-order chi connectivity index (χ0) is 26.3. The molecule has 6 aromatic rings. The van der Waals surface area contributed by atoms with Crippen LogP contribution in [0.4, 0.5) is 0 Å². The summed E-state index contributed by atoms with van der Waals surface area (Å²) in [6.45, 7) is 0.226. The van der Waals surface area contributed by atoms with E-state index in [9.17, 15) is 0 Å². The van der Waals surface area contributed by atoms with Crippen molar-refractivity contribution in [2.45, 2.75) is 12.5 Å². The molecule has 192 valence electrons.